The number of carbonyl (C=O) groups excluding carboxylic acids is 1. The molecular formula is C21H18Cl2N2O. The fraction of sp³-hybridized carbons (Fsp3) is 0.190. The number of hydrogen-bond donors (Lipinski definition) is 0. The zero-order chi connectivity index (χ0) is 18.1. The summed E-state index contributed by atoms with van der Waals surface area (Å²) in [5, 5.41) is 1.36. The lowest BCUT2D eigenvalue weighted by Crippen LogP contribution is -2.02. The Hall–Kier alpha value is -2.23. The van der Waals surface area contributed by atoms with Gasteiger partial charge in [-0.15, -0.1) is 0 Å². The van der Waals surface area contributed by atoms with Crippen molar-refractivity contribution in [3.8, 4) is 0 Å². The van der Waals surface area contributed by atoms with Gasteiger partial charge in [-0.1, -0.05) is 35.3 Å². The number of pyridine rings is 2. The first kappa shape index (κ1) is 17.2. The molecule has 0 fully saturated rings. The van der Waals surface area contributed by atoms with Gasteiger partial charge >= 0.3 is 0 Å². The minimum Gasteiger partial charge on any atom is -0.307 e. The third-order valence-electron chi connectivity index (χ3n) is 4.77. The predicted molar refractivity (Wildman–Crippen MR) is 106 cm³/mol. The van der Waals surface area contributed by atoms with Gasteiger partial charge in [-0.25, -0.2) is 0 Å². The highest BCUT2D eigenvalue weighted by atomic mass is 35.5. The molecule has 4 aromatic rings. The van der Waals surface area contributed by atoms with E-state index in [1.165, 1.54) is 0 Å². The summed E-state index contributed by atoms with van der Waals surface area (Å²) in [6.07, 6.45) is 6.32. The molecule has 0 aromatic carbocycles. The first-order valence-corrected chi connectivity index (χ1v) is 9.40. The molecule has 0 radical (unpaired) electrons. The summed E-state index contributed by atoms with van der Waals surface area (Å²) in [5.41, 5.74) is 4.36. The summed E-state index contributed by atoms with van der Waals surface area (Å²) in [4.78, 5) is 12.4. The summed E-state index contributed by atoms with van der Waals surface area (Å²) in [7, 11) is 0. The van der Waals surface area contributed by atoms with Crippen LogP contribution in [0.4, 0.5) is 0 Å². The van der Waals surface area contributed by atoms with Crippen LogP contribution in [0, 0.1) is 0 Å². The minimum atomic E-state index is 0.253. The SMILES string of the molecule is O=C(CCc1cc(Cl)n2ccccc12)CCc1cc(Cl)n2ccccc12. The van der Waals surface area contributed by atoms with Gasteiger partial charge in [0.1, 0.15) is 16.1 Å². The summed E-state index contributed by atoms with van der Waals surface area (Å²) in [6.45, 7) is 0. The molecular weight excluding hydrogens is 367 g/mol. The third-order valence-corrected chi connectivity index (χ3v) is 5.35. The maximum atomic E-state index is 12.4. The molecule has 132 valence electrons. The highest BCUT2D eigenvalue weighted by Gasteiger charge is 2.12. The van der Waals surface area contributed by atoms with E-state index in [4.69, 9.17) is 23.2 Å². The van der Waals surface area contributed by atoms with Crippen molar-refractivity contribution >= 4 is 40.0 Å². The standard InChI is InChI=1S/C21H18Cl2N2O/c22-20-13-15(18-5-1-3-11-24(18)20)7-9-17(26)10-8-16-14-21(23)25-12-4-2-6-19(16)25/h1-6,11-14H,7-10H2. The van der Waals surface area contributed by atoms with Crippen LogP contribution < -0.4 is 0 Å². The quantitative estimate of drug-likeness (QED) is 0.422. The molecule has 3 nitrogen and oxygen atoms in total. The molecule has 0 N–H and O–H groups in total. The van der Waals surface area contributed by atoms with Crippen molar-refractivity contribution in [3.63, 3.8) is 0 Å². The van der Waals surface area contributed by atoms with Gasteiger partial charge in [0.2, 0.25) is 0 Å². The maximum absolute atomic E-state index is 12.4. The van der Waals surface area contributed by atoms with E-state index in [0.29, 0.717) is 36.0 Å². The van der Waals surface area contributed by atoms with Crippen LogP contribution in [0.25, 0.3) is 11.0 Å². The number of halogens is 2. The second-order valence-electron chi connectivity index (χ2n) is 6.44. The normalized spacial score (nSPS) is 11.5. The average molecular weight is 385 g/mol. The molecule has 5 heteroatoms. The Morgan fingerprint density at radius 3 is 1.69 bits per heavy atom. The van der Waals surface area contributed by atoms with Crippen LogP contribution in [-0.4, -0.2) is 14.6 Å². The summed E-state index contributed by atoms with van der Waals surface area (Å²) in [6, 6.07) is 15.8. The van der Waals surface area contributed by atoms with Crippen molar-refractivity contribution in [1.29, 1.82) is 0 Å². The number of ketones is 1. The molecule has 0 saturated heterocycles. The molecule has 0 aliphatic heterocycles. The van der Waals surface area contributed by atoms with Gasteiger partial charge in [-0.3, -0.25) is 4.79 Å². The van der Waals surface area contributed by atoms with Crippen molar-refractivity contribution in [2.75, 3.05) is 0 Å². The first-order chi connectivity index (χ1) is 12.6. The Kier molecular flexibility index (Phi) is 4.75. The van der Waals surface area contributed by atoms with Crippen LogP contribution in [0.15, 0.2) is 60.9 Å². The van der Waals surface area contributed by atoms with Crippen molar-refractivity contribution in [2.24, 2.45) is 0 Å². The number of Topliss-reactive ketones (excluding diaryl/α,β-unsaturated/α-hetero) is 1. The van der Waals surface area contributed by atoms with Gasteiger partial charge in [-0.05, 0) is 60.4 Å². The smallest absolute Gasteiger partial charge is 0.133 e. The van der Waals surface area contributed by atoms with Gasteiger partial charge in [-0.2, -0.15) is 0 Å². The molecule has 4 rings (SSSR count). The lowest BCUT2D eigenvalue weighted by atomic mass is 10.0. The molecule has 0 unspecified atom stereocenters. The van der Waals surface area contributed by atoms with Gasteiger partial charge in [0, 0.05) is 36.3 Å². The number of nitrogens with zero attached hydrogens (tertiary/aromatic N) is 2. The Labute approximate surface area is 161 Å². The Bertz CT molecular complexity index is 1010. The van der Waals surface area contributed by atoms with E-state index >= 15 is 0 Å². The van der Waals surface area contributed by atoms with Gasteiger partial charge in [0.15, 0.2) is 0 Å². The maximum Gasteiger partial charge on any atom is 0.133 e. The lowest BCUT2D eigenvalue weighted by Gasteiger charge is -2.02. The van der Waals surface area contributed by atoms with Crippen molar-refractivity contribution in [2.45, 2.75) is 25.7 Å². The van der Waals surface area contributed by atoms with Crippen LogP contribution in [0.1, 0.15) is 24.0 Å². The molecule has 0 atom stereocenters. The van der Waals surface area contributed by atoms with Crippen molar-refractivity contribution in [1.82, 2.24) is 8.80 Å². The van der Waals surface area contributed by atoms with E-state index < -0.39 is 0 Å². The summed E-state index contributed by atoms with van der Waals surface area (Å²) < 4.78 is 3.88. The molecule has 0 aliphatic carbocycles. The van der Waals surface area contributed by atoms with E-state index in [1.54, 1.807) is 0 Å². The van der Waals surface area contributed by atoms with Gasteiger partial charge < -0.3 is 8.80 Å². The van der Waals surface area contributed by atoms with Crippen molar-refractivity contribution in [3.05, 3.63) is 82.4 Å². The summed E-state index contributed by atoms with van der Waals surface area (Å²) in [5.74, 6) is 0.253. The molecule has 4 aromatic heterocycles. The van der Waals surface area contributed by atoms with Crippen LogP contribution in [0.3, 0.4) is 0 Å². The number of aromatic nitrogens is 2. The Balaban J connectivity index is 1.41. The molecule has 0 amide bonds. The molecule has 0 saturated carbocycles. The van der Waals surface area contributed by atoms with E-state index in [2.05, 4.69) is 0 Å². The average Bonchev–Trinajstić information content (AvgIpc) is 3.16. The Morgan fingerprint density at radius 1 is 0.769 bits per heavy atom. The molecule has 4 heterocycles. The number of carbonyl (C=O) groups is 1. The van der Waals surface area contributed by atoms with E-state index in [1.807, 2.05) is 69.7 Å². The fourth-order valence-corrected chi connectivity index (χ4v) is 3.99. The predicted octanol–water partition coefficient (Wildman–Crippen LogP) is 5.63. The third kappa shape index (κ3) is 3.25. The Morgan fingerprint density at radius 2 is 1.23 bits per heavy atom. The monoisotopic (exact) mass is 384 g/mol. The highest BCUT2D eigenvalue weighted by Crippen LogP contribution is 2.24. The number of hydrogen-bond acceptors (Lipinski definition) is 1. The number of fused-ring (bicyclic) bond motifs is 2. The number of aryl methyl sites for hydroxylation is 2. The molecule has 0 bridgehead atoms. The zero-order valence-corrected chi connectivity index (χ0v) is 15.7. The molecule has 0 spiro atoms. The largest absolute Gasteiger partial charge is 0.307 e. The van der Waals surface area contributed by atoms with Crippen LogP contribution >= 0.6 is 23.2 Å². The molecule has 26 heavy (non-hydrogen) atoms. The van der Waals surface area contributed by atoms with Crippen LogP contribution in [0.5, 0.6) is 0 Å². The number of rotatable bonds is 6. The highest BCUT2D eigenvalue weighted by molar-refractivity contribution is 6.30. The van der Waals surface area contributed by atoms with Crippen LogP contribution in [-0.2, 0) is 17.6 Å². The minimum absolute atomic E-state index is 0.253. The van der Waals surface area contributed by atoms with Gasteiger partial charge in [0.25, 0.3) is 0 Å². The van der Waals surface area contributed by atoms with Gasteiger partial charge in [0.05, 0.1) is 0 Å². The van der Waals surface area contributed by atoms with E-state index in [9.17, 15) is 4.79 Å². The molecule has 0 aliphatic rings. The second-order valence-corrected chi connectivity index (χ2v) is 7.21. The van der Waals surface area contributed by atoms with Crippen molar-refractivity contribution < 1.29 is 4.79 Å². The second kappa shape index (κ2) is 7.18. The zero-order valence-electron chi connectivity index (χ0n) is 14.2. The first-order valence-electron chi connectivity index (χ1n) is 8.64. The van der Waals surface area contributed by atoms with E-state index in [0.717, 1.165) is 22.2 Å². The van der Waals surface area contributed by atoms with Crippen LogP contribution in [0.2, 0.25) is 10.3 Å². The topological polar surface area (TPSA) is 25.9 Å². The fourth-order valence-electron chi connectivity index (χ4n) is 3.43. The lowest BCUT2D eigenvalue weighted by molar-refractivity contribution is -0.119. The summed E-state index contributed by atoms with van der Waals surface area (Å²) >= 11 is 12.5. The van der Waals surface area contributed by atoms with E-state index in [-0.39, 0.29) is 5.78 Å².